The quantitative estimate of drug-likeness (QED) is 0.433. The number of carbonyl (C=O) groups excluding carboxylic acids is 1. The molecule has 0 spiro atoms. The average molecular weight is 487 g/mol. The molecule has 0 unspecified atom stereocenters. The number of nitro groups is 1. The summed E-state index contributed by atoms with van der Waals surface area (Å²) in [6.07, 6.45) is 7.25. The van der Waals surface area contributed by atoms with E-state index in [1.54, 1.807) is 12.1 Å². The van der Waals surface area contributed by atoms with Gasteiger partial charge in [-0.25, -0.2) is 8.42 Å². The molecule has 1 amide bonds. The summed E-state index contributed by atoms with van der Waals surface area (Å²) in [6, 6.07) is 11.1. The first kappa shape index (κ1) is 24.2. The number of anilines is 1. The highest BCUT2D eigenvalue weighted by molar-refractivity contribution is 7.92. The van der Waals surface area contributed by atoms with Crippen LogP contribution in [0.25, 0.3) is 0 Å². The van der Waals surface area contributed by atoms with E-state index in [-0.39, 0.29) is 28.2 Å². The van der Waals surface area contributed by atoms with E-state index >= 15 is 0 Å². The third-order valence-corrected chi connectivity index (χ3v) is 8.03. The van der Waals surface area contributed by atoms with Crippen LogP contribution in [0, 0.1) is 16.0 Å². The van der Waals surface area contributed by atoms with Crippen LogP contribution in [0.5, 0.6) is 0 Å². The van der Waals surface area contributed by atoms with E-state index in [1.165, 1.54) is 62.6 Å². The maximum Gasteiger partial charge on any atom is 0.270 e. The third kappa shape index (κ3) is 6.12. The summed E-state index contributed by atoms with van der Waals surface area (Å²) in [6.45, 7) is 3.17. The molecule has 2 aromatic carbocycles. The molecule has 0 radical (unpaired) electrons. The third-order valence-electron chi connectivity index (χ3n) is 6.65. The number of hydrogen-bond acceptors (Lipinski definition) is 6. The number of rotatable bonds is 8. The number of likely N-dealkylation sites (tertiary alicyclic amines) is 1. The smallest absolute Gasteiger partial charge is 0.270 e. The number of nitrogens with one attached hydrogen (secondary N) is 2. The number of nitro benzene ring substituents is 1. The van der Waals surface area contributed by atoms with Crippen LogP contribution in [0.3, 0.4) is 0 Å². The Hall–Kier alpha value is -2.98. The van der Waals surface area contributed by atoms with Gasteiger partial charge >= 0.3 is 0 Å². The van der Waals surface area contributed by atoms with Crippen molar-refractivity contribution in [3.05, 3.63) is 64.2 Å². The Morgan fingerprint density at radius 3 is 2.35 bits per heavy atom. The second-order valence-electron chi connectivity index (χ2n) is 9.14. The van der Waals surface area contributed by atoms with Gasteiger partial charge in [-0.3, -0.25) is 19.6 Å². The van der Waals surface area contributed by atoms with Crippen LogP contribution in [0.15, 0.2) is 53.4 Å². The predicted molar refractivity (Wildman–Crippen MR) is 129 cm³/mol. The van der Waals surface area contributed by atoms with Crippen molar-refractivity contribution < 1.29 is 18.1 Å². The Bertz CT molecular complexity index is 1120. The van der Waals surface area contributed by atoms with Crippen LogP contribution in [0.2, 0.25) is 0 Å². The largest absolute Gasteiger partial charge is 0.349 e. The van der Waals surface area contributed by atoms with Gasteiger partial charge in [0.15, 0.2) is 0 Å². The fraction of sp³-hybridized carbons (Fsp3) is 0.458. The summed E-state index contributed by atoms with van der Waals surface area (Å²) in [5, 5.41) is 14.0. The first-order chi connectivity index (χ1) is 16.3. The fourth-order valence-electron chi connectivity index (χ4n) is 4.75. The highest BCUT2D eigenvalue weighted by Gasteiger charge is 2.24. The second kappa shape index (κ2) is 10.5. The summed E-state index contributed by atoms with van der Waals surface area (Å²) in [5.41, 5.74) is 0.411. The lowest BCUT2D eigenvalue weighted by atomic mass is 10.0. The number of amides is 1. The molecule has 4 rings (SSSR count). The molecular formula is C24H30N4O5S. The Labute approximate surface area is 199 Å². The normalized spacial score (nSPS) is 18.0. The van der Waals surface area contributed by atoms with Gasteiger partial charge in [0, 0.05) is 49.1 Å². The van der Waals surface area contributed by atoms with Gasteiger partial charge in [-0.1, -0.05) is 18.9 Å². The number of nitrogens with zero attached hydrogens (tertiary/aromatic N) is 2. The number of non-ortho nitro benzene ring substituents is 1. The van der Waals surface area contributed by atoms with Gasteiger partial charge in [0.2, 0.25) is 0 Å². The van der Waals surface area contributed by atoms with Crippen molar-refractivity contribution in [3.63, 3.8) is 0 Å². The molecule has 34 heavy (non-hydrogen) atoms. The summed E-state index contributed by atoms with van der Waals surface area (Å²) >= 11 is 0. The molecule has 0 bridgehead atoms. The average Bonchev–Trinajstić information content (AvgIpc) is 3.34. The molecular weight excluding hydrogens is 456 g/mol. The van der Waals surface area contributed by atoms with Crippen LogP contribution in [0.4, 0.5) is 11.4 Å². The Balaban J connectivity index is 1.29. The molecule has 182 valence electrons. The van der Waals surface area contributed by atoms with Gasteiger partial charge in [0.1, 0.15) is 0 Å². The molecule has 10 heteroatoms. The van der Waals surface area contributed by atoms with Crippen molar-refractivity contribution in [2.24, 2.45) is 5.92 Å². The minimum absolute atomic E-state index is 0.138. The van der Waals surface area contributed by atoms with Crippen molar-refractivity contribution in [2.45, 2.75) is 49.5 Å². The van der Waals surface area contributed by atoms with Gasteiger partial charge in [-0.05, 0) is 61.9 Å². The summed E-state index contributed by atoms with van der Waals surface area (Å²) in [7, 11) is -4.00. The van der Waals surface area contributed by atoms with Gasteiger partial charge in [0.25, 0.3) is 21.6 Å². The summed E-state index contributed by atoms with van der Waals surface area (Å²) in [4.78, 5) is 25.2. The Kier molecular flexibility index (Phi) is 7.47. The van der Waals surface area contributed by atoms with Crippen LogP contribution >= 0.6 is 0 Å². The van der Waals surface area contributed by atoms with E-state index in [0.717, 1.165) is 37.9 Å². The van der Waals surface area contributed by atoms with E-state index in [4.69, 9.17) is 0 Å². The molecule has 2 N–H and O–H groups in total. The number of benzene rings is 2. The molecule has 1 aliphatic heterocycles. The first-order valence-electron chi connectivity index (χ1n) is 11.7. The maximum absolute atomic E-state index is 12.7. The van der Waals surface area contributed by atoms with Crippen molar-refractivity contribution in [1.82, 2.24) is 10.2 Å². The van der Waals surface area contributed by atoms with Gasteiger partial charge in [-0.15, -0.1) is 0 Å². The molecule has 2 aliphatic rings. The van der Waals surface area contributed by atoms with Crippen molar-refractivity contribution in [2.75, 3.05) is 24.4 Å². The minimum Gasteiger partial charge on any atom is -0.349 e. The number of hydrogen-bond donors (Lipinski definition) is 2. The van der Waals surface area contributed by atoms with E-state index < -0.39 is 14.9 Å². The Morgan fingerprint density at radius 2 is 1.71 bits per heavy atom. The molecule has 1 aliphatic carbocycles. The molecule has 2 aromatic rings. The van der Waals surface area contributed by atoms with Crippen molar-refractivity contribution >= 4 is 27.3 Å². The van der Waals surface area contributed by atoms with Crippen LogP contribution < -0.4 is 10.0 Å². The lowest BCUT2D eigenvalue weighted by molar-refractivity contribution is -0.385. The lowest BCUT2D eigenvalue weighted by Gasteiger charge is -2.33. The van der Waals surface area contributed by atoms with E-state index in [0.29, 0.717) is 5.56 Å². The van der Waals surface area contributed by atoms with Gasteiger partial charge in [0.05, 0.1) is 9.82 Å². The molecule has 0 atom stereocenters. The predicted octanol–water partition coefficient (Wildman–Crippen LogP) is 3.78. The Morgan fingerprint density at radius 1 is 1.03 bits per heavy atom. The molecule has 0 aromatic heterocycles. The first-order valence-corrected chi connectivity index (χ1v) is 13.2. The molecule has 1 heterocycles. The molecule has 9 nitrogen and oxygen atoms in total. The summed E-state index contributed by atoms with van der Waals surface area (Å²) in [5.74, 6) is 0.654. The van der Waals surface area contributed by atoms with E-state index in [1.807, 2.05) is 0 Å². The van der Waals surface area contributed by atoms with E-state index in [2.05, 4.69) is 14.9 Å². The van der Waals surface area contributed by atoms with Crippen molar-refractivity contribution in [3.8, 4) is 0 Å². The zero-order valence-corrected chi connectivity index (χ0v) is 19.8. The van der Waals surface area contributed by atoms with Crippen LogP contribution in [-0.4, -0.2) is 49.8 Å². The monoisotopic (exact) mass is 486 g/mol. The van der Waals surface area contributed by atoms with Crippen molar-refractivity contribution in [1.29, 1.82) is 0 Å². The molecule has 2 fully saturated rings. The number of carbonyl (C=O) groups is 1. The number of sulfonamides is 1. The summed E-state index contributed by atoms with van der Waals surface area (Å²) < 4.78 is 27.5. The number of piperidine rings is 1. The topological polar surface area (TPSA) is 122 Å². The van der Waals surface area contributed by atoms with E-state index in [9.17, 15) is 23.3 Å². The standard InChI is InChI=1S/C24H30N4O5S/c29-24(25-20-12-14-27(15-13-20)17-18-4-1-2-5-18)19-8-10-21(11-9-19)26-34(32,33)23-7-3-6-22(16-23)28(30)31/h3,6-11,16,18,20,26H,1-2,4-5,12-15,17H2,(H,25,29). The zero-order chi connectivity index (χ0) is 24.1. The van der Waals surface area contributed by atoms with Crippen LogP contribution in [0.1, 0.15) is 48.9 Å². The lowest BCUT2D eigenvalue weighted by Crippen LogP contribution is -2.45. The van der Waals surface area contributed by atoms with Crippen LogP contribution in [-0.2, 0) is 10.0 Å². The van der Waals surface area contributed by atoms with Gasteiger partial charge < -0.3 is 10.2 Å². The molecule has 1 saturated heterocycles. The molecule has 1 saturated carbocycles. The fourth-order valence-corrected chi connectivity index (χ4v) is 5.85. The zero-order valence-electron chi connectivity index (χ0n) is 19.0. The highest BCUT2D eigenvalue weighted by atomic mass is 32.2. The second-order valence-corrected chi connectivity index (χ2v) is 10.8. The maximum atomic E-state index is 12.7. The minimum atomic E-state index is -4.00. The highest BCUT2D eigenvalue weighted by Crippen LogP contribution is 2.26. The SMILES string of the molecule is O=C(NC1CCN(CC2CCCC2)CC1)c1ccc(NS(=O)(=O)c2cccc([N+](=O)[O-])c2)cc1. The van der Waals surface area contributed by atoms with Gasteiger partial charge in [-0.2, -0.15) is 0 Å².